The minimum atomic E-state index is 0.0160. The first kappa shape index (κ1) is 17.9. The van der Waals surface area contributed by atoms with E-state index in [0.717, 1.165) is 37.9 Å². The van der Waals surface area contributed by atoms with Gasteiger partial charge in [0.25, 0.3) is 5.91 Å². The van der Waals surface area contributed by atoms with E-state index in [0.29, 0.717) is 36.2 Å². The molecule has 0 aromatic carbocycles. The van der Waals surface area contributed by atoms with Crippen LogP contribution in [0.1, 0.15) is 59.2 Å². The topological polar surface area (TPSA) is 94.2 Å². The first-order chi connectivity index (χ1) is 12.2. The van der Waals surface area contributed by atoms with Gasteiger partial charge in [-0.2, -0.15) is 4.98 Å². The average Bonchev–Trinajstić information content (AvgIpc) is 3.29. The predicted octanol–water partition coefficient (Wildman–Crippen LogP) is 2.08. The summed E-state index contributed by atoms with van der Waals surface area (Å²) >= 11 is 1.18. The summed E-state index contributed by atoms with van der Waals surface area (Å²) in [6.07, 6.45) is 4.21. The van der Waals surface area contributed by atoms with Crippen LogP contribution in [0.4, 0.5) is 0 Å². The van der Waals surface area contributed by atoms with Gasteiger partial charge >= 0.3 is 0 Å². The second kappa shape index (κ2) is 8.48. The summed E-state index contributed by atoms with van der Waals surface area (Å²) in [7, 11) is 1.65. The third-order valence-electron chi connectivity index (χ3n) is 4.31. The molecule has 1 amide bonds. The number of hydrogen-bond donors (Lipinski definition) is 0. The third kappa shape index (κ3) is 4.21. The van der Waals surface area contributed by atoms with Crippen LogP contribution in [0.15, 0.2) is 4.52 Å². The molecule has 1 aliphatic heterocycles. The number of ether oxygens (including phenoxy) is 1. The molecule has 25 heavy (non-hydrogen) atoms. The quantitative estimate of drug-likeness (QED) is 0.741. The first-order valence-corrected chi connectivity index (χ1v) is 9.42. The lowest BCUT2D eigenvalue weighted by molar-refractivity contribution is 0.0699. The lowest BCUT2D eigenvalue weighted by Gasteiger charge is -2.30. The van der Waals surface area contributed by atoms with E-state index in [-0.39, 0.29) is 11.8 Å². The van der Waals surface area contributed by atoms with Gasteiger partial charge in [-0.25, -0.2) is 0 Å². The maximum atomic E-state index is 12.9. The third-order valence-corrected chi connectivity index (χ3v) is 5.06. The lowest BCUT2D eigenvalue weighted by atomic mass is 9.97. The highest BCUT2D eigenvalue weighted by molar-refractivity contribution is 7.08. The van der Waals surface area contributed by atoms with E-state index in [1.165, 1.54) is 11.5 Å². The summed E-state index contributed by atoms with van der Waals surface area (Å²) in [6.45, 7) is 3.96. The summed E-state index contributed by atoms with van der Waals surface area (Å²) in [5.74, 6) is 1.36. The zero-order valence-electron chi connectivity index (χ0n) is 14.6. The second-order valence-corrected chi connectivity index (χ2v) is 6.93. The Hall–Kier alpha value is -1.87. The Morgan fingerprint density at radius 3 is 3.12 bits per heavy atom. The highest BCUT2D eigenvalue weighted by Crippen LogP contribution is 2.27. The van der Waals surface area contributed by atoms with Crippen molar-refractivity contribution in [1.82, 2.24) is 24.6 Å². The van der Waals surface area contributed by atoms with Gasteiger partial charge < -0.3 is 14.2 Å². The molecule has 0 aliphatic carbocycles. The molecule has 9 heteroatoms. The van der Waals surface area contributed by atoms with E-state index in [2.05, 4.69) is 26.7 Å². The monoisotopic (exact) mass is 365 g/mol. The molecule has 1 fully saturated rings. The Bertz CT molecular complexity index is 702. The number of aromatic nitrogens is 4. The summed E-state index contributed by atoms with van der Waals surface area (Å²) in [5.41, 5.74) is 0.805. The van der Waals surface area contributed by atoms with Gasteiger partial charge in [-0.3, -0.25) is 4.79 Å². The van der Waals surface area contributed by atoms with Gasteiger partial charge in [0, 0.05) is 26.6 Å². The SMILES string of the molecule is CCCc1nnsc1C(=O)N1CCC[C@@H](c2nc(CCOC)no2)C1. The Morgan fingerprint density at radius 1 is 1.44 bits per heavy atom. The number of carbonyl (C=O) groups excluding carboxylic acids is 1. The van der Waals surface area contributed by atoms with Crippen molar-refractivity contribution in [2.24, 2.45) is 0 Å². The van der Waals surface area contributed by atoms with Gasteiger partial charge in [0.2, 0.25) is 5.89 Å². The number of aryl methyl sites for hydroxylation is 1. The van der Waals surface area contributed by atoms with Crippen molar-refractivity contribution < 1.29 is 14.1 Å². The Morgan fingerprint density at radius 2 is 2.32 bits per heavy atom. The fourth-order valence-electron chi connectivity index (χ4n) is 3.01. The number of likely N-dealkylation sites (tertiary alicyclic amines) is 1. The van der Waals surface area contributed by atoms with E-state index < -0.39 is 0 Å². The minimum absolute atomic E-state index is 0.0160. The van der Waals surface area contributed by atoms with Crippen LogP contribution in [-0.2, 0) is 17.6 Å². The number of rotatable bonds is 7. The first-order valence-electron chi connectivity index (χ1n) is 8.64. The molecule has 0 N–H and O–H groups in total. The largest absolute Gasteiger partial charge is 0.384 e. The van der Waals surface area contributed by atoms with Gasteiger partial charge in [0.05, 0.1) is 18.2 Å². The standard InChI is InChI=1S/C16H23N5O3S/c1-3-5-12-14(25-20-18-12)16(22)21-8-4-6-11(10-21)15-17-13(19-24-15)7-9-23-2/h11H,3-10H2,1-2H3/t11-/m1/s1. The van der Waals surface area contributed by atoms with Crippen LogP contribution >= 0.6 is 11.5 Å². The molecule has 0 bridgehead atoms. The van der Waals surface area contributed by atoms with E-state index in [1.807, 2.05) is 4.90 Å². The molecule has 1 aliphatic rings. The van der Waals surface area contributed by atoms with Crippen LogP contribution in [0.25, 0.3) is 0 Å². The normalized spacial score (nSPS) is 17.8. The molecule has 3 rings (SSSR count). The highest BCUT2D eigenvalue weighted by Gasteiger charge is 2.30. The van der Waals surface area contributed by atoms with Crippen molar-refractivity contribution in [3.8, 4) is 0 Å². The second-order valence-electron chi connectivity index (χ2n) is 6.18. The molecule has 2 aromatic heterocycles. The smallest absolute Gasteiger partial charge is 0.267 e. The molecular weight excluding hydrogens is 342 g/mol. The number of piperidine rings is 1. The zero-order valence-corrected chi connectivity index (χ0v) is 15.4. The van der Waals surface area contributed by atoms with Crippen molar-refractivity contribution in [2.45, 2.75) is 44.9 Å². The maximum Gasteiger partial charge on any atom is 0.267 e. The molecule has 1 saturated heterocycles. The van der Waals surface area contributed by atoms with Crippen LogP contribution in [0.3, 0.4) is 0 Å². The Balaban J connectivity index is 1.67. The Labute approximate surface area is 150 Å². The van der Waals surface area contributed by atoms with Crippen molar-refractivity contribution >= 4 is 17.4 Å². The lowest BCUT2D eigenvalue weighted by Crippen LogP contribution is -2.39. The highest BCUT2D eigenvalue weighted by atomic mass is 32.1. The Kier molecular flexibility index (Phi) is 6.09. The molecule has 2 aromatic rings. The molecule has 0 spiro atoms. The van der Waals surface area contributed by atoms with E-state index >= 15 is 0 Å². The van der Waals surface area contributed by atoms with Crippen molar-refractivity contribution in [1.29, 1.82) is 0 Å². The summed E-state index contributed by atoms with van der Waals surface area (Å²) < 4.78 is 14.4. The van der Waals surface area contributed by atoms with Crippen molar-refractivity contribution in [2.75, 3.05) is 26.8 Å². The number of hydrogen-bond acceptors (Lipinski definition) is 8. The van der Waals surface area contributed by atoms with Crippen LogP contribution in [0.2, 0.25) is 0 Å². The van der Waals surface area contributed by atoms with Gasteiger partial charge in [0.15, 0.2) is 5.82 Å². The molecule has 8 nitrogen and oxygen atoms in total. The van der Waals surface area contributed by atoms with Crippen LogP contribution in [0.5, 0.6) is 0 Å². The fraction of sp³-hybridized carbons (Fsp3) is 0.688. The number of methoxy groups -OCH3 is 1. The number of nitrogens with zero attached hydrogens (tertiary/aromatic N) is 5. The molecule has 0 radical (unpaired) electrons. The van der Waals surface area contributed by atoms with Gasteiger partial charge in [-0.15, -0.1) is 5.10 Å². The summed E-state index contributed by atoms with van der Waals surface area (Å²) in [4.78, 5) is 19.8. The van der Waals surface area contributed by atoms with E-state index in [4.69, 9.17) is 9.26 Å². The van der Waals surface area contributed by atoms with E-state index in [1.54, 1.807) is 7.11 Å². The zero-order chi connectivity index (χ0) is 17.6. The van der Waals surface area contributed by atoms with Crippen LogP contribution < -0.4 is 0 Å². The molecule has 3 heterocycles. The van der Waals surface area contributed by atoms with Gasteiger partial charge in [-0.1, -0.05) is 23.0 Å². The number of amides is 1. The molecule has 0 saturated carbocycles. The summed E-state index contributed by atoms with van der Waals surface area (Å²) in [6, 6.07) is 0. The minimum Gasteiger partial charge on any atom is -0.384 e. The molecular formula is C16H23N5O3S. The summed E-state index contributed by atoms with van der Waals surface area (Å²) in [5, 5.41) is 8.10. The fourth-order valence-corrected chi connectivity index (χ4v) is 3.68. The predicted molar refractivity (Wildman–Crippen MR) is 91.7 cm³/mol. The van der Waals surface area contributed by atoms with Gasteiger partial charge in [0.1, 0.15) is 4.88 Å². The van der Waals surface area contributed by atoms with Crippen molar-refractivity contribution in [3.63, 3.8) is 0 Å². The van der Waals surface area contributed by atoms with Crippen LogP contribution in [0, 0.1) is 0 Å². The van der Waals surface area contributed by atoms with E-state index in [9.17, 15) is 4.79 Å². The van der Waals surface area contributed by atoms with Gasteiger partial charge in [-0.05, 0) is 30.8 Å². The molecule has 1 atom stereocenters. The molecule has 0 unspecified atom stereocenters. The average molecular weight is 365 g/mol. The van der Waals surface area contributed by atoms with Crippen LogP contribution in [-0.4, -0.2) is 57.3 Å². The van der Waals surface area contributed by atoms with Crippen molar-refractivity contribution in [3.05, 3.63) is 22.3 Å². The molecule has 136 valence electrons. The maximum absolute atomic E-state index is 12.9. The number of carbonyl (C=O) groups is 1.